The van der Waals surface area contributed by atoms with E-state index in [1.165, 1.54) is 0 Å². The van der Waals surface area contributed by atoms with E-state index < -0.39 is 7.12 Å². The van der Waals surface area contributed by atoms with E-state index in [0.717, 1.165) is 24.0 Å². The molecular formula is C12H15BO2. The van der Waals surface area contributed by atoms with Crippen molar-refractivity contribution in [3.63, 3.8) is 0 Å². The van der Waals surface area contributed by atoms with E-state index >= 15 is 0 Å². The van der Waals surface area contributed by atoms with Crippen LogP contribution in [0.3, 0.4) is 0 Å². The van der Waals surface area contributed by atoms with Crippen molar-refractivity contribution in [2.24, 2.45) is 0 Å². The number of hydrogen-bond donors (Lipinski definition) is 2. The maximum absolute atomic E-state index is 9.18. The van der Waals surface area contributed by atoms with Gasteiger partial charge in [-0.2, -0.15) is 0 Å². The third kappa shape index (κ3) is 3.08. The van der Waals surface area contributed by atoms with Crippen LogP contribution in [0.1, 0.15) is 12.8 Å². The second-order valence-corrected chi connectivity index (χ2v) is 3.37. The molecule has 0 atom stereocenters. The fourth-order valence-corrected chi connectivity index (χ4v) is 1.56. The van der Waals surface area contributed by atoms with Gasteiger partial charge in [0.15, 0.2) is 0 Å². The van der Waals surface area contributed by atoms with Crippen LogP contribution < -0.4 is 0 Å². The first kappa shape index (κ1) is 11.8. The van der Waals surface area contributed by atoms with Crippen molar-refractivity contribution in [1.82, 2.24) is 0 Å². The normalized spacial score (nSPS) is 15.9. The first-order valence-corrected chi connectivity index (χ1v) is 4.91. The van der Waals surface area contributed by atoms with Crippen molar-refractivity contribution < 1.29 is 10.0 Å². The molecule has 0 saturated carbocycles. The summed E-state index contributed by atoms with van der Waals surface area (Å²) in [6.07, 6.45) is 10.7. The Hall–Kier alpha value is -1.32. The lowest BCUT2D eigenvalue weighted by Crippen LogP contribution is -2.18. The summed E-state index contributed by atoms with van der Waals surface area (Å²) in [4.78, 5) is 0. The number of allylic oxidation sites excluding steroid dienone is 8. The van der Waals surface area contributed by atoms with Crippen LogP contribution in [0.15, 0.2) is 60.2 Å². The SMILES string of the molecule is C=C/C=C\C(=C)C1=C(B(O)O)C=CCC1. The summed E-state index contributed by atoms with van der Waals surface area (Å²) in [5, 5.41) is 18.4. The summed E-state index contributed by atoms with van der Waals surface area (Å²) >= 11 is 0. The molecule has 2 nitrogen and oxygen atoms in total. The van der Waals surface area contributed by atoms with Gasteiger partial charge in [-0.1, -0.05) is 43.5 Å². The lowest BCUT2D eigenvalue weighted by Gasteiger charge is -2.15. The molecule has 0 heterocycles. The van der Waals surface area contributed by atoms with Crippen molar-refractivity contribution in [1.29, 1.82) is 0 Å². The van der Waals surface area contributed by atoms with Crippen LogP contribution in [0.25, 0.3) is 0 Å². The van der Waals surface area contributed by atoms with Crippen LogP contribution >= 0.6 is 0 Å². The quantitative estimate of drug-likeness (QED) is 0.540. The van der Waals surface area contributed by atoms with Crippen LogP contribution in [0.4, 0.5) is 0 Å². The highest BCUT2D eigenvalue weighted by Gasteiger charge is 2.19. The molecule has 0 saturated heterocycles. The third-order valence-electron chi connectivity index (χ3n) is 2.31. The molecule has 1 rings (SSSR count). The lowest BCUT2D eigenvalue weighted by molar-refractivity contribution is 0.419. The first-order valence-electron chi connectivity index (χ1n) is 4.91. The van der Waals surface area contributed by atoms with Crippen LogP contribution in [-0.4, -0.2) is 17.2 Å². The Morgan fingerprint density at radius 1 is 1.47 bits per heavy atom. The zero-order valence-electron chi connectivity index (χ0n) is 8.69. The zero-order chi connectivity index (χ0) is 11.3. The van der Waals surface area contributed by atoms with Crippen LogP contribution in [0.5, 0.6) is 0 Å². The van der Waals surface area contributed by atoms with Crippen molar-refractivity contribution in [2.75, 3.05) is 0 Å². The Morgan fingerprint density at radius 3 is 2.80 bits per heavy atom. The molecule has 2 N–H and O–H groups in total. The molecule has 0 bridgehead atoms. The molecule has 1 aliphatic rings. The molecule has 0 spiro atoms. The Kier molecular flexibility index (Phi) is 4.34. The highest BCUT2D eigenvalue weighted by molar-refractivity contribution is 6.52. The van der Waals surface area contributed by atoms with Gasteiger partial charge in [-0.15, -0.1) is 0 Å². The average Bonchev–Trinajstić information content (AvgIpc) is 2.25. The van der Waals surface area contributed by atoms with Gasteiger partial charge in [-0.05, 0) is 29.5 Å². The van der Waals surface area contributed by atoms with Gasteiger partial charge >= 0.3 is 7.12 Å². The minimum Gasteiger partial charge on any atom is -0.423 e. The standard InChI is InChI=1S/C12H15BO2/c1-3-4-7-10(2)11-8-5-6-9-12(11)13(14)15/h3-4,6-7,9,14-15H,1-2,5,8H2/b7-4-. The highest BCUT2D eigenvalue weighted by Crippen LogP contribution is 2.25. The minimum absolute atomic E-state index is 0.542. The van der Waals surface area contributed by atoms with Crippen molar-refractivity contribution in [3.05, 3.63) is 60.2 Å². The summed E-state index contributed by atoms with van der Waals surface area (Å²) in [5.41, 5.74) is 2.26. The Bertz CT molecular complexity index is 349. The second-order valence-electron chi connectivity index (χ2n) is 3.37. The van der Waals surface area contributed by atoms with Gasteiger partial charge in [0.1, 0.15) is 0 Å². The first-order chi connectivity index (χ1) is 7.16. The molecule has 0 fully saturated rings. The maximum Gasteiger partial charge on any atom is 0.488 e. The van der Waals surface area contributed by atoms with E-state index in [4.69, 9.17) is 0 Å². The smallest absolute Gasteiger partial charge is 0.423 e. The maximum atomic E-state index is 9.18. The molecule has 78 valence electrons. The molecule has 0 aromatic rings. The summed E-state index contributed by atoms with van der Waals surface area (Å²) in [6, 6.07) is 0. The largest absolute Gasteiger partial charge is 0.488 e. The summed E-state index contributed by atoms with van der Waals surface area (Å²) < 4.78 is 0. The van der Waals surface area contributed by atoms with E-state index in [1.54, 1.807) is 18.2 Å². The molecule has 0 aliphatic heterocycles. The van der Waals surface area contributed by atoms with E-state index in [1.807, 2.05) is 12.2 Å². The van der Waals surface area contributed by atoms with E-state index in [0.29, 0.717) is 5.47 Å². The molecule has 1 aliphatic carbocycles. The predicted octanol–water partition coefficient (Wildman–Crippen LogP) is 1.94. The third-order valence-corrected chi connectivity index (χ3v) is 2.31. The van der Waals surface area contributed by atoms with E-state index in [2.05, 4.69) is 13.2 Å². The highest BCUT2D eigenvalue weighted by atomic mass is 16.4. The molecular weight excluding hydrogens is 187 g/mol. The lowest BCUT2D eigenvalue weighted by atomic mass is 9.71. The van der Waals surface area contributed by atoms with Gasteiger partial charge in [0.2, 0.25) is 0 Å². The predicted molar refractivity (Wildman–Crippen MR) is 64.1 cm³/mol. The molecule has 0 radical (unpaired) electrons. The van der Waals surface area contributed by atoms with Gasteiger partial charge in [-0.25, -0.2) is 0 Å². The fraction of sp³-hybridized carbons (Fsp3) is 0.167. The van der Waals surface area contributed by atoms with Crippen LogP contribution in [-0.2, 0) is 0 Å². The van der Waals surface area contributed by atoms with Crippen molar-refractivity contribution in [2.45, 2.75) is 12.8 Å². The topological polar surface area (TPSA) is 40.5 Å². The Morgan fingerprint density at radius 2 is 2.20 bits per heavy atom. The second kappa shape index (κ2) is 5.54. The summed E-state index contributed by atoms with van der Waals surface area (Å²) in [6.45, 7) is 7.48. The number of rotatable bonds is 4. The fourth-order valence-electron chi connectivity index (χ4n) is 1.56. The van der Waals surface area contributed by atoms with Crippen LogP contribution in [0.2, 0.25) is 0 Å². The molecule has 15 heavy (non-hydrogen) atoms. The van der Waals surface area contributed by atoms with E-state index in [-0.39, 0.29) is 0 Å². The Balaban J connectivity index is 2.97. The molecule has 0 aromatic carbocycles. The summed E-state index contributed by atoms with van der Waals surface area (Å²) in [5.74, 6) is 0. The van der Waals surface area contributed by atoms with Crippen molar-refractivity contribution in [3.8, 4) is 0 Å². The van der Waals surface area contributed by atoms with Gasteiger partial charge in [0.05, 0.1) is 0 Å². The molecule has 0 aromatic heterocycles. The minimum atomic E-state index is -1.43. The van der Waals surface area contributed by atoms with Crippen molar-refractivity contribution >= 4 is 7.12 Å². The monoisotopic (exact) mass is 202 g/mol. The van der Waals surface area contributed by atoms with Gasteiger partial charge in [0, 0.05) is 0 Å². The Labute approximate surface area is 90.8 Å². The average molecular weight is 202 g/mol. The molecule has 0 amide bonds. The molecule has 3 heteroatoms. The molecule has 0 unspecified atom stereocenters. The van der Waals surface area contributed by atoms with Crippen LogP contribution in [0, 0.1) is 0 Å². The van der Waals surface area contributed by atoms with Gasteiger partial charge in [0.25, 0.3) is 0 Å². The van der Waals surface area contributed by atoms with Gasteiger partial charge < -0.3 is 10.0 Å². The summed E-state index contributed by atoms with van der Waals surface area (Å²) in [7, 11) is -1.43. The van der Waals surface area contributed by atoms with Gasteiger partial charge in [-0.3, -0.25) is 0 Å². The zero-order valence-corrected chi connectivity index (χ0v) is 8.69. The number of hydrogen-bond acceptors (Lipinski definition) is 2. The van der Waals surface area contributed by atoms with E-state index in [9.17, 15) is 10.0 Å².